The third-order valence-corrected chi connectivity index (χ3v) is 1.90. The Morgan fingerprint density at radius 3 is 2.70 bits per heavy atom. The predicted molar refractivity (Wildman–Crippen MR) is 34.9 cm³/mol. The van der Waals surface area contributed by atoms with Gasteiger partial charge < -0.3 is 15.2 Å². The molecule has 0 aliphatic carbocycles. The summed E-state index contributed by atoms with van der Waals surface area (Å²) in [5.41, 5.74) is -0.958. The summed E-state index contributed by atoms with van der Waals surface area (Å²) in [6, 6.07) is 0. The first-order chi connectivity index (χ1) is 4.71. The number of ether oxygens (including phenoxy) is 1. The van der Waals surface area contributed by atoms with Gasteiger partial charge in [0.25, 0.3) is 0 Å². The second-order valence-corrected chi connectivity index (χ2v) is 2.43. The molecular formula is C6H11NO3. The average Bonchev–Trinajstić information content (AvgIpc) is 2.35. The summed E-state index contributed by atoms with van der Waals surface area (Å²) < 4.78 is 4.90. The zero-order valence-corrected chi connectivity index (χ0v) is 5.89. The van der Waals surface area contributed by atoms with Gasteiger partial charge in [-0.1, -0.05) is 0 Å². The molecule has 58 valence electrons. The lowest BCUT2D eigenvalue weighted by molar-refractivity contribution is -0.159. The van der Waals surface area contributed by atoms with Crippen molar-refractivity contribution in [2.24, 2.45) is 0 Å². The Bertz CT molecular complexity index is 140. The molecule has 1 fully saturated rings. The molecule has 10 heavy (non-hydrogen) atoms. The van der Waals surface area contributed by atoms with Crippen LogP contribution >= 0.6 is 0 Å². The number of carbonyl (C=O) groups is 1. The fourth-order valence-electron chi connectivity index (χ4n) is 1.11. The lowest BCUT2D eigenvalue weighted by Gasteiger charge is -2.20. The van der Waals surface area contributed by atoms with E-state index in [-0.39, 0.29) is 0 Å². The second kappa shape index (κ2) is 2.56. The van der Waals surface area contributed by atoms with Crippen molar-refractivity contribution in [3.63, 3.8) is 0 Å². The summed E-state index contributed by atoms with van der Waals surface area (Å²) in [7, 11) is 1.43. The maximum Gasteiger partial charge on any atom is 0.337 e. The molecule has 4 nitrogen and oxygen atoms in total. The molecule has 0 radical (unpaired) electrons. The molecule has 4 heteroatoms. The minimum Gasteiger partial charge on any atom is -0.479 e. The van der Waals surface area contributed by atoms with E-state index in [2.05, 4.69) is 5.32 Å². The van der Waals surface area contributed by atoms with Crippen LogP contribution in [-0.4, -0.2) is 36.9 Å². The van der Waals surface area contributed by atoms with Gasteiger partial charge >= 0.3 is 5.97 Å². The van der Waals surface area contributed by atoms with Crippen LogP contribution in [0.25, 0.3) is 0 Å². The third kappa shape index (κ3) is 0.998. The van der Waals surface area contributed by atoms with Gasteiger partial charge in [-0.2, -0.15) is 0 Å². The molecule has 0 aromatic heterocycles. The number of aliphatic carboxylic acids is 1. The average molecular weight is 145 g/mol. The van der Waals surface area contributed by atoms with E-state index in [0.717, 1.165) is 6.54 Å². The lowest BCUT2D eigenvalue weighted by atomic mass is 10.0. The van der Waals surface area contributed by atoms with Crippen molar-refractivity contribution in [1.29, 1.82) is 0 Å². The molecule has 1 atom stereocenters. The number of nitrogens with one attached hydrogen (secondary N) is 1. The smallest absolute Gasteiger partial charge is 0.337 e. The molecular weight excluding hydrogens is 134 g/mol. The van der Waals surface area contributed by atoms with E-state index in [1.165, 1.54) is 7.11 Å². The quantitative estimate of drug-likeness (QED) is 0.547. The molecule has 0 saturated carbocycles. The highest BCUT2D eigenvalue weighted by atomic mass is 16.5. The van der Waals surface area contributed by atoms with Gasteiger partial charge in [0.2, 0.25) is 0 Å². The summed E-state index contributed by atoms with van der Waals surface area (Å²) in [6.07, 6.45) is 0.554. The van der Waals surface area contributed by atoms with Crippen LogP contribution in [0.2, 0.25) is 0 Å². The van der Waals surface area contributed by atoms with Crippen LogP contribution in [0.1, 0.15) is 6.42 Å². The fourth-order valence-corrected chi connectivity index (χ4v) is 1.11. The predicted octanol–water partition coefficient (Wildman–Crippen LogP) is -0.551. The topological polar surface area (TPSA) is 58.6 Å². The summed E-state index contributed by atoms with van der Waals surface area (Å²) in [6.45, 7) is 1.14. The molecule has 0 amide bonds. The largest absolute Gasteiger partial charge is 0.479 e. The van der Waals surface area contributed by atoms with Crippen molar-refractivity contribution in [1.82, 2.24) is 5.32 Å². The highest BCUT2D eigenvalue weighted by Crippen LogP contribution is 2.18. The number of methoxy groups -OCH3 is 1. The van der Waals surface area contributed by atoms with Gasteiger partial charge in [-0.15, -0.1) is 0 Å². The third-order valence-electron chi connectivity index (χ3n) is 1.90. The maximum absolute atomic E-state index is 10.6. The van der Waals surface area contributed by atoms with Crippen molar-refractivity contribution in [3.05, 3.63) is 0 Å². The Morgan fingerprint density at radius 1 is 1.80 bits per heavy atom. The van der Waals surface area contributed by atoms with Crippen molar-refractivity contribution < 1.29 is 14.6 Å². The Labute approximate surface area is 59.2 Å². The first kappa shape index (κ1) is 7.50. The first-order valence-corrected chi connectivity index (χ1v) is 3.20. The van der Waals surface area contributed by atoms with E-state index in [9.17, 15) is 4.79 Å². The second-order valence-electron chi connectivity index (χ2n) is 2.43. The van der Waals surface area contributed by atoms with Crippen LogP contribution in [0.4, 0.5) is 0 Å². The maximum atomic E-state index is 10.6. The Morgan fingerprint density at radius 2 is 2.50 bits per heavy atom. The van der Waals surface area contributed by atoms with E-state index in [1.54, 1.807) is 0 Å². The summed E-state index contributed by atoms with van der Waals surface area (Å²) >= 11 is 0. The van der Waals surface area contributed by atoms with Crippen LogP contribution < -0.4 is 5.32 Å². The zero-order chi connectivity index (χ0) is 7.61. The number of carboxylic acid groups (broad SMARTS) is 1. The molecule has 1 heterocycles. The van der Waals surface area contributed by atoms with Crippen LogP contribution in [0, 0.1) is 0 Å². The Kier molecular flexibility index (Phi) is 1.92. The van der Waals surface area contributed by atoms with Crippen molar-refractivity contribution in [2.45, 2.75) is 12.0 Å². The van der Waals surface area contributed by atoms with Crippen molar-refractivity contribution in [2.75, 3.05) is 20.2 Å². The molecule has 0 unspecified atom stereocenters. The van der Waals surface area contributed by atoms with Crippen molar-refractivity contribution >= 4 is 5.97 Å². The van der Waals surface area contributed by atoms with E-state index in [1.807, 2.05) is 0 Å². The molecule has 0 bridgehead atoms. The first-order valence-electron chi connectivity index (χ1n) is 3.20. The number of hydrogen-bond acceptors (Lipinski definition) is 3. The standard InChI is InChI=1S/C6H11NO3/c1-10-6(5(8)9)2-3-7-4-6/h7H,2-4H2,1H3,(H,8,9)/t6-/m0/s1. The van der Waals surface area contributed by atoms with Crippen LogP contribution in [0.15, 0.2) is 0 Å². The number of carboxylic acids is 1. The monoisotopic (exact) mass is 145 g/mol. The molecule has 0 spiro atoms. The normalized spacial score (nSPS) is 32.5. The van der Waals surface area contributed by atoms with E-state index in [4.69, 9.17) is 9.84 Å². The Balaban J connectivity index is 2.67. The van der Waals surface area contributed by atoms with Gasteiger partial charge in [0.15, 0.2) is 5.60 Å². The minimum absolute atomic E-state index is 0.416. The number of hydrogen-bond donors (Lipinski definition) is 2. The SMILES string of the molecule is CO[C@@]1(C(=O)O)CCNC1. The van der Waals surface area contributed by atoms with Crippen LogP contribution in [-0.2, 0) is 9.53 Å². The molecule has 0 aromatic rings. The molecule has 1 aliphatic rings. The van der Waals surface area contributed by atoms with E-state index < -0.39 is 11.6 Å². The van der Waals surface area contributed by atoms with Crippen molar-refractivity contribution in [3.8, 4) is 0 Å². The summed E-state index contributed by atoms with van der Waals surface area (Å²) in [5.74, 6) is -0.875. The summed E-state index contributed by atoms with van der Waals surface area (Å²) in [4.78, 5) is 10.6. The van der Waals surface area contributed by atoms with Gasteiger partial charge in [-0.3, -0.25) is 0 Å². The fraction of sp³-hybridized carbons (Fsp3) is 0.833. The molecule has 1 aliphatic heterocycles. The zero-order valence-electron chi connectivity index (χ0n) is 5.89. The van der Waals surface area contributed by atoms with Gasteiger partial charge in [-0.25, -0.2) is 4.79 Å². The Hall–Kier alpha value is -0.610. The van der Waals surface area contributed by atoms with Crippen LogP contribution in [0.3, 0.4) is 0 Å². The highest BCUT2D eigenvalue weighted by Gasteiger charge is 2.41. The molecule has 1 saturated heterocycles. The highest BCUT2D eigenvalue weighted by molar-refractivity contribution is 5.78. The van der Waals surface area contributed by atoms with Gasteiger partial charge in [-0.05, 0) is 6.54 Å². The lowest BCUT2D eigenvalue weighted by Crippen LogP contribution is -2.42. The number of rotatable bonds is 2. The van der Waals surface area contributed by atoms with Gasteiger partial charge in [0.05, 0.1) is 0 Å². The van der Waals surface area contributed by atoms with E-state index >= 15 is 0 Å². The van der Waals surface area contributed by atoms with Crippen LogP contribution in [0.5, 0.6) is 0 Å². The molecule has 0 aromatic carbocycles. The van der Waals surface area contributed by atoms with Gasteiger partial charge in [0, 0.05) is 20.1 Å². The van der Waals surface area contributed by atoms with E-state index in [0.29, 0.717) is 13.0 Å². The summed E-state index contributed by atoms with van der Waals surface area (Å²) in [5, 5.41) is 11.6. The molecule has 2 N–H and O–H groups in total. The minimum atomic E-state index is -0.958. The van der Waals surface area contributed by atoms with Gasteiger partial charge in [0.1, 0.15) is 0 Å². The molecule has 1 rings (SSSR count).